The maximum absolute atomic E-state index is 9.25. The van der Waals surface area contributed by atoms with Crippen molar-refractivity contribution < 1.29 is 19.7 Å². The van der Waals surface area contributed by atoms with E-state index < -0.39 is 0 Å². The van der Waals surface area contributed by atoms with Crippen LogP contribution in [0.5, 0.6) is 0 Å². The van der Waals surface area contributed by atoms with Gasteiger partial charge in [0.15, 0.2) is 0 Å². The van der Waals surface area contributed by atoms with Crippen LogP contribution < -0.4 is 0 Å². The molecule has 1 atom stereocenters. The van der Waals surface area contributed by atoms with Crippen molar-refractivity contribution in [1.29, 1.82) is 0 Å². The van der Waals surface area contributed by atoms with E-state index in [1.54, 1.807) is 0 Å². The van der Waals surface area contributed by atoms with Crippen molar-refractivity contribution in [3.63, 3.8) is 0 Å². The number of aliphatic hydroxyl groups is 2. The second-order valence-electron chi connectivity index (χ2n) is 2.85. The third-order valence-electron chi connectivity index (χ3n) is 1.54. The molecular formula is C9H20O4. The Morgan fingerprint density at radius 1 is 1.15 bits per heavy atom. The molecule has 0 saturated carbocycles. The summed E-state index contributed by atoms with van der Waals surface area (Å²) < 4.78 is 10.1. The smallest absolute Gasteiger partial charge is 0.0773 e. The fraction of sp³-hybridized carbons (Fsp3) is 1.00. The lowest BCUT2D eigenvalue weighted by Gasteiger charge is -2.09. The molecule has 13 heavy (non-hydrogen) atoms. The van der Waals surface area contributed by atoms with E-state index in [-0.39, 0.29) is 12.7 Å². The Labute approximate surface area is 79.5 Å². The lowest BCUT2D eigenvalue weighted by Crippen LogP contribution is -2.17. The van der Waals surface area contributed by atoms with Crippen LogP contribution >= 0.6 is 0 Å². The van der Waals surface area contributed by atoms with Gasteiger partial charge in [-0.05, 0) is 6.42 Å². The van der Waals surface area contributed by atoms with Crippen molar-refractivity contribution >= 4 is 0 Å². The first-order chi connectivity index (χ1) is 6.31. The summed E-state index contributed by atoms with van der Waals surface area (Å²) >= 11 is 0. The highest BCUT2D eigenvalue weighted by Crippen LogP contribution is 1.96. The number of hydrogen-bond donors (Lipinski definition) is 2. The van der Waals surface area contributed by atoms with Crippen LogP contribution in [0.3, 0.4) is 0 Å². The minimum Gasteiger partial charge on any atom is -0.394 e. The Bertz CT molecular complexity index is 97.6. The summed E-state index contributed by atoms with van der Waals surface area (Å²) in [6, 6.07) is 0. The van der Waals surface area contributed by atoms with Crippen LogP contribution in [-0.2, 0) is 9.47 Å². The van der Waals surface area contributed by atoms with Crippen LogP contribution in [0.2, 0.25) is 0 Å². The summed E-state index contributed by atoms with van der Waals surface area (Å²) in [7, 11) is 0. The van der Waals surface area contributed by atoms with E-state index in [0.717, 1.165) is 12.8 Å². The number of rotatable bonds is 9. The van der Waals surface area contributed by atoms with E-state index in [2.05, 4.69) is 0 Å². The monoisotopic (exact) mass is 192 g/mol. The van der Waals surface area contributed by atoms with Gasteiger partial charge in [0.1, 0.15) is 0 Å². The number of hydrogen-bond acceptors (Lipinski definition) is 4. The Morgan fingerprint density at radius 2 is 1.85 bits per heavy atom. The third kappa shape index (κ3) is 9.76. The van der Waals surface area contributed by atoms with Gasteiger partial charge in [0, 0.05) is 0 Å². The average molecular weight is 192 g/mol. The van der Waals surface area contributed by atoms with Crippen LogP contribution in [-0.4, -0.2) is 49.4 Å². The Morgan fingerprint density at radius 3 is 2.46 bits per heavy atom. The number of aliphatic hydroxyl groups excluding tert-OH is 2. The molecule has 0 rings (SSSR count). The SMILES string of the molecule is CCCC(O)COCCOCCO. The second kappa shape index (κ2) is 9.92. The molecule has 4 heteroatoms. The van der Waals surface area contributed by atoms with Gasteiger partial charge in [-0.2, -0.15) is 0 Å². The topological polar surface area (TPSA) is 58.9 Å². The standard InChI is InChI=1S/C9H20O4/c1-2-3-9(11)8-13-7-6-12-5-4-10/h9-11H,2-8H2,1H3. The largest absolute Gasteiger partial charge is 0.394 e. The van der Waals surface area contributed by atoms with E-state index in [1.807, 2.05) is 6.92 Å². The Hall–Kier alpha value is -0.160. The molecule has 0 heterocycles. The van der Waals surface area contributed by atoms with Gasteiger partial charge in [-0.15, -0.1) is 0 Å². The van der Waals surface area contributed by atoms with Gasteiger partial charge in [0.25, 0.3) is 0 Å². The molecule has 0 aromatic heterocycles. The summed E-state index contributed by atoms with van der Waals surface area (Å²) in [6.45, 7) is 3.73. The van der Waals surface area contributed by atoms with Gasteiger partial charge >= 0.3 is 0 Å². The predicted octanol–water partition coefficient (Wildman–Crippen LogP) is 0.173. The third-order valence-corrected chi connectivity index (χ3v) is 1.54. The van der Waals surface area contributed by atoms with Gasteiger partial charge in [0.05, 0.1) is 39.1 Å². The van der Waals surface area contributed by atoms with Crippen molar-refractivity contribution in [1.82, 2.24) is 0 Å². The fourth-order valence-electron chi connectivity index (χ4n) is 0.920. The van der Waals surface area contributed by atoms with Crippen LogP contribution in [0, 0.1) is 0 Å². The van der Waals surface area contributed by atoms with Crippen molar-refractivity contribution in [3.05, 3.63) is 0 Å². The van der Waals surface area contributed by atoms with Crippen LogP contribution in [0.25, 0.3) is 0 Å². The van der Waals surface area contributed by atoms with E-state index >= 15 is 0 Å². The molecule has 0 aliphatic rings. The minimum atomic E-state index is -0.358. The highest BCUT2D eigenvalue weighted by Gasteiger charge is 2.01. The summed E-state index contributed by atoms with van der Waals surface area (Å²) in [6.07, 6.45) is 1.38. The molecule has 0 saturated heterocycles. The fourth-order valence-corrected chi connectivity index (χ4v) is 0.920. The maximum atomic E-state index is 9.25. The first-order valence-corrected chi connectivity index (χ1v) is 4.75. The Balaban J connectivity index is 2.97. The molecule has 0 spiro atoms. The number of ether oxygens (including phenoxy) is 2. The first kappa shape index (κ1) is 12.8. The van der Waals surface area contributed by atoms with E-state index in [1.165, 1.54) is 0 Å². The molecule has 2 N–H and O–H groups in total. The molecular weight excluding hydrogens is 172 g/mol. The molecule has 0 amide bonds. The van der Waals surface area contributed by atoms with Crippen molar-refractivity contribution in [2.45, 2.75) is 25.9 Å². The zero-order chi connectivity index (χ0) is 9.94. The van der Waals surface area contributed by atoms with Gasteiger partial charge in [-0.3, -0.25) is 0 Å². The maximum Gasteiger partial charge on any atom is 0.0773 e. The molecule has 0 aromatic rings. The van der Waals surface area contributed by atoms with Crippen LogP contribution in [0.4, 0.5) is 0 Å². The normalized spacial score (nSPS) is 13.2. The molecule has 0 aromatic carbocycles. The molecule has 0 bridgehead atoms. The van der Waals surface area contributed by atoms with Crippen molar-refractivity contribution in [2.24, 2.45) is 0 Å². The van der Waals surface area contributed by atoms with Crippen LogP contribution in [0.15, 0.2) is 0 Å². The molecule has 0 fully saturated rings. The van der Waals surface area contributed by atoms with E-state index in [9.17, 15) is 5.11 Å². The summed E-state index contributed by atoms with van der Waals surface area (Å²) in [5, 5.41) is 17.6. The molecule has 80 valence electrons. The zero-order valence-corrected chi connectivity index (χ0v) is 8.24. The summed E-state index contributed by atoms with van der Waals surface area (Å²) in [5.41, 5.74) is 0. The predicted molar refractivity (Wildman–Crippen MR) is 49.6 cm³/mol. The minimum absolute atomic E-state index is 0.0401. The highest BCUT2D eigenvalue weighted by molar-refractivity contribution is 4.51. The van der Waals surface area contributed by atoms with Crippen molar-refractivity contribution in [2.75, 3.05) is 33.0 Å². The molecule has 1 unspecified atom stereocenters. The van der Waals surface area contributed by atoms with Gasteiger partial charge in [0.2, 0.25) is 0 Å². The molecule has 0 aliphatic carbocycles. The quantitative estimate of drug-likeness (QED) is 0.511. The van der Waals surface area contributed by atoms with Gasteiger partial charge in [-0.25, -0.2) is 0 Å². The molecule has 4 nitrogen and oxygen atoms in total. The van der Waals surface area contributed by atoms with Crippen molar-refractivity contribution in [3.8, 4) is 0 Å². The second-order valence-corrected chi connectivity index (χ2v) is 2.85. The average Bonchev–Trinajstić information content (AvgIpc) is 2.11. The highest BCUT2D eigenvalue weighted by atomic mass is 16.5. The zero-order valence-electron chi connectivity index (χ0n) is 8.24. The molecule has 0 radical (unpaired) electrons. The lowest BCUT2D eigenvalue weighted by molar-refractivity contribution is -0.00418. The summed E-state index contributed by atoms with van der Waals surface area (Å²) in [4.78, 5) is 0. The lowest BCUT2D eigenvalue weighted by atomic mass is 10.2. The van der Waals surface area contributed by atoms with Gasteiger partial charge in [-0.1, -0.05) is 13.3 Å². The van der Waals surface area contributed by atoms with E-state index in [4.69, 9.17) is 14.6 Å². The first-order valence-electron chi connectivity index (χ1n) is 4.75. The van der Waals surface area contributed by atoms with E-state index in [0.29, 0.717) is 26.4 Å². The molecule has 0 aliphatic heterocycles. The Kier molecular flexibility index (Phi) is 9.80. The van der Waals surface area contributed by atoms with Gasteiger partial charge < -0.3 is 19.7 Å². The summed E-state index contributed by atoms with van der Waals surface area (Å²) in [5.74, 6) is 0. The van der Waals surface area contributed by atoms with Crippen LogP contribution in [0.1, 0.15) is 19.8 Å².